The minimum absolute atomic E-state index is 0.00146. The molecule has 0 spiro atoms. The number of carbonyl (C=O) groups excluding carboxylic acids is 4. The topological polar surface area (TPSA) is 131 Å². The third-order valence-corrected chi connectivity index (χ3v) is 6.05. The Morgan fingerprint density at radius 3 is 2.39 bits per heavy atom. The molecule has 0 aliphatic carbocycles. The number of rotatable bonds is 9. The fraction of sp³-hybridized carbons (Fsp3) is 0.379. The van der Waals surface area contributed by atoms with Gasteiger partial charge in [-0.3, -0.25) is 14.4 Å². The van der Waals surface area contributed by atoms with Crippen LogP contribution in [-0.4, -0.2) is 54.2 Å². The zero-order valence-electron chi connectivity index (χ0n) is 21.2. The summed E-state index contributed by atoms with van der Waals surface area (Å²) in [7, 11) is 0. The maximum Gasteiger partial charge on any atom is 0.332 e. The average Bonchev–Trinajstić information content (AvgIpc) is 2.93. The van der Waals surface area contributed by atoms with Crippen molar-refractivity contribution in [2.24, 2.45) is 5.92 Å². The highest BCUT2D eigenvalue weighted by Gasteiger charge is 2.29. The van der Waals surface area contributed by atoms with Crippen LogP contribution in [0.5, 0.6) is 0 Å². The normalized spacial score (nSPS) is 19.2. The van der Waals surface area contributed by atoms with Crippen LogP contribution >= 0.6 is 0 Å². The number of nitrogens with one attached hydrogen (secondary N) is 2. The van der Waals surface area contributed by atoms with Crippen LogP contribution < -0.4 is 10.6 Å². The number of benzene rings is 2. The lowest BCUT2D eigenvalue weighted by atomic mass is 9.98. The van der Waals surface area contributed by atoms with Gasteiger partial charge in [0.2, 0.25) is 11.8 Å². The average molecular weight is 523 g/mol. The molecule has 2 amide bonds. The van der Waals surface area contributed by atoms with Crippen molar-refractivity contribution in [3.8, 4) is 0 Å². The van der Waals surface area contributed by atoms with Gasteiger partial charge in [0.25, 0.3) is 0 Å². The van der Waals surface area contributed by atoms with Crippen molar-refractivity contribution in [1.29, 1.82) is 0 Å². The third-order valence-electron chi connectivity index (χ3n) is 6.05. The number of amides is 2. The molecule has 3 rings (SSSR count). The Bertz CT molecular complexity index is 1090. The summed E-state index contributed by atoms with van der Waals surface area (Å²) in [6.45, 7) is -0.624. The molecule has 2 aromatic carbocycles. The Morgan fingerprint density at radius 1 is 1.03 bits per heavy atom. The Hall–Kier alpha value is -3.98. The van der Waals surface area contributed by atoms with Crippen molar-refractivity contribution in [2.75, 3.05) is 13.2 Å². The molecule has 0 saturated heterocycles. The Kier molecular flexibility index (Phi) is 11.5. The number of cyclic esters (lactones) is 1. The first-order valence-corrected chi connectivity index (χ1v) is 12.7. The van der Waals surface area contributed by atoms with Gasteiger partial charge in [0.1, 0.15) is 13.2 Å². The van der Waals surface area contributed by atoms with Crippen molar-refractivity contribution in [3.05, 3.63) is 83.9 Å². The van der Waals surface area contributed by atoms with Crippen molar-refractivity contribution in [3.63, 3.8) is 0 Å². The van der Waals surface area contributed by atoms with Crippen LogP contribution in [0.2, 0.25) is 0 Å². The molecular formula is C29H34N2O7. The zero-order chi connectivity index (χ0) is 27.2. The molecule has 1 heterocycles. The standard InChI is InChI=1S/C29H34N2O7/c32-18-24(16-21-10-4-1-5-11-21)30-26(33)17-23-14-8-3-9-15-27(34)37-20-25(31-28(23)35)29(36)38-19-22-12-6-2-7-13-22/h1-8,10-13,23-25,32H,9,14-20H2,(H,30,33)(H,31,35)/t23-,24-,25-/m1/s1. The molecular weight excluding hydrogens is 488 g/mol. The summed E-state index contributed by atoms with van der Waals surface area (Å²) in [4.78, 5) is 50.8. The van der Waals surface area contributed by atoms with Gasteiger partial charge in [-0.1, -0.05) is 72.8 Å². The van der Waals surface area contributed by atoms with Crippen LogP contribution in [0, 0.1) is 5.92 Å². The molecule has 38 heavy (non-hydrogen) atoms. The minimum Gasteiger partial charge on any atom is -0.463 e. The van der Waals surface area contributed by atoms with Gasteiger partial charge in [-0.2, -0.15) is 0 Å². The van der Waals surface area contributed by atoms with Crippen LogP contribution in [0.4, 0.5) is 0 Å². The van der Waals surface area contributed by atoms with Crippen molar-refractivity contribution < 1.29 is 33.8 Å². The molecule has 202 valence electrons. The largest absolute Gasteiger partial charge is 0.463 e. The molecule has 9 heteroatoms. The molecule has 9 nitrogen and oxygen atoms in total. The second-order valence-corrected chi connectivity index (χ2v) is 9.12. The van der Waals surface area contributed by atoms with E-state index in [1.807, 2.05) is 48.5 Å². The number of aliphatic hydroxyl groups is 1. The summed E-state index contributed by atoms with van der Waals surface area (Å²) in [6, 6.07) is 16.8. The molecule has 2 aromatic rings. The second kappa shape index (κ2) is 15.3. The van der Waals surface area contributed by atoms with Crippen LogP contribution in [0.15, 0.2) is 72.8 Å². The van der Waals surface area contributed by atoms with Gasteiger partial charge < -0.3 is 25.2 Å². The Balaban J connectivity index is 1.65. The quantitative estimate of drug-likeness (QED) is 0.340. The van der Waals surface area contributed by atoms with E-state index in [1.165, 1.54) is 0 Å². The number of hydrogen-bond donors (Lipinski definition) is 3. The van der Waals surface area contributed by atoms with E-state index >= 15 is 0 Å². The molecule has 0 aromatic heterocycles. The molecule has 1 aliphatic rings. The highest BCUT2D eigenvalue weighted by Crippen LogP contribution is 2.14. The number of esters is 2. The lowest BCUT2D eigenvalue weighted by Crippen LogP contribution is -2.48. The Morgan fingerprint density at radius 2 is 1.71 bits per heavy atom. The molecule has 3 N–H and O–H groups in total. The van der Waals surface area contributed by atoms with Crippen LogP contribution in [-0.2, 0) is 41.7 Å². The SMILES string of the molecule is O=C(C[C@H]1CC=CCCC(=O)OC[C@H](C(=O)OCc2ccccc2)NC1=O)N[C@@H](CO)Cc1ccccc1. The van der Waals surface area contributed by atoms with Gasteiger partial charge >= 0.3 is 11.9 Å². The third kappa shape index (κ3) is 9.82. The molecule has 0 saturated carbocycles. The minimum atomic E-state index is -1.22. The smallest absolute Gasteiger partial charge is 0.332 e. The first kappa shape index (κ1) is 28.6. The fourth-order valence-electron chi connectivity index (χ4n) is 3.97. The molecule has 1 aliphatic heterocycles. The van der Waals surface area contributed by atoms with E-state index in [-0.39, 0.29) is 39.1 Å². The fourth-order valence-corrected chi connectivity index (χ4v) is 3.97. The number of aliphatic hydroxyl groups excluding tert-OH is 1. The highest BCUT2D eigenvalue weighted by molar-refractivity contribution is 5.89. The summed E-state index contributed by atoms with van der Waals surface area (Å²) < 4.78 is 10.5. The van der Waals surface area contributed by atoms with E-state index in [4.69, 9.17) is 9.47 Å². The molecule has 0 fully saturated rings. The monoisotopic (exact) mass is 522 g/mol. The summed E-state index contributed by atoms with van der Waals surface area (Å²) in [6.07, 6.45) is 4.57. The number of ether oxygens (including phenoxy) is 2. The van der Waals surface area contributed by atoms with E-state index < -0.39 is 41.8 Å². The van der Waals surface area contributed by atoms with E-state index in [0.29, 0.717) is 12.8 Å². The summed E-state index contributed by atoms with van der Waals surface area (Å²) in [5, 5.41) is 15.1. The van der Waals surface area contributed by atoms with Gasteiger partial charge in [0.15, 0.2) is 6.04 Å². The lowest BCUT2D eigenvalue weighted by Gasteiger charge is -2.23. The summed E-state index contributed by atoms with van der Waals surface area (Å²) in [5.41, 5.74) is 1.73. The first-order chi connectivity index (χ1) is 18.4. The van der Waals surface area contributed by atoms with Crippen LogP contribution in [0.1, 0.15) is 36.8 Å². The van der Waals surface area contributed by atoms with Crippen molar-refractivity contribution >= 4 is 23.8 Å². The summed E-state index contributed by atoms with van der Waals surface area (Å²) >= 11 is 0. The number of allylic oxidation sites excluding steroid dienone is 2. The molecule has 0 radical (unpaired) electrons. The van der Waals surface area contributed by atoms with Gasteiger partial charge in [-0.15, -0.1) is 0 Å². The predicted octanol–water partition coefficient (Wildman–Crippen LogP) is 2.22. The summed E-state index contributed by atoms with van der Waals surface area (Å²) in [5.74, 6) is -2.94. The lowest BCUT2D eigenvalue weighted by molar-refractivity contribution is -0.155. The molecule has 0 unspecified atom stereocenters. The van der Waals surface area contributed by atoms with Crippen LogP contribution in [0.3, 0.4) is 0 Å². The van der Waals surface area contributed by atoms with Gasteiger partial charge in [-0.25, -0.2) is 4.79 Å². The highest BCUT2D eigenvalue weighted by atomic mass is 16.6. The maximum absolute atomic E-state index is 13.2. The van der Waals surface area contributed by atoms with E-state index in [9.17, 15) is 24.3 Å². The first-order valence-electron chi connectivity index (χ1n) is 12.7. The van der Waals surface area contributed by atoms with Crippen LogP contribution in [0.25, 0.3) is 0 Å². The predicted molar refractivity (Wildman–Crippen MR) is 139 cm³/mol. The zero-order valence-corrected chi connectivity index (χ0v) is 21.2. The van der Waals surface area contributed by atoms with Gasteiger partial charge in [-0.05, 0) is 30.4 Å². The van der Waals surface area contributed by atoms with E-state index in [1.54, 1.807) is 24.3 Å². The van der Waals surface area contributed by atoms with E-state index in [0.717, 1.165) is 11.1 Å². The van der Waals surface area contributed by atoms with E-state index in [2.05, 4.69) is 10.6 Å². The molecule has 3 atom stereocenters. The van der Waals surface area contributed by atoms with Crippen molar-refractivity contribution in [2.45, 2.75) is 50.8 Å². The number of carbonyl (C=O) groups is 4. The second-order valence-electron chi connectivity index (χ2n) is 9.12. The van der Waals surface area contributed by atoms with Gasteiger partial charge in [0.05, 0.1) is 18.6 Å². The van der Waals surface area contributed by atoms with Crippen molar-refractivity contribution in [1.82, 2.24) is 10.6 Å². The Labute approximate surface area is 222 Å². The maximum atomic E-state index is 13.2. The molecule has 0 bridgehead atoms. The van der Waals surface area contributed by atoms with Gasteiger partial charge in [0, 0.05) is 12.8 Å². The number of hydrogen-bond acceptors (Lipinski definition) is 7.